The molecule has 0 amide bonds. The largest absolute Gasteiger partial charge is 0.317 e. The molecule has 0 bridgehead atoms. The highest BCUT2D eigenvalue weighted by Crippen LogP contribution is 1.84. The Kier molecular flexibility index (Phi) is 13.1. The van der Waals surface area contributed by atoms with Crippen molar-refractivity contribution < 1.29 is 0 Å². The van der Waals surface area contributed by atoms with Gasteiger partial charge in [0.2, 0.25) is 0 Å². The smallest absolute Gasteiger partial charge is 0.0462 e. The van der Waals surface area contributed by atoms with Gasteiger partial charge in [-0.25, -0.2) is 5.26 Å². The fraction of sp³-hybridized carbons (Fsp3) is 0.857. The second-order valence-electron chi connectivity index (χ2n) is 2.20. The third-order valence-corrected chi connectivity index (χ3v) is 0.803. The lowest BCUT2D eigenvalue weighted by molar-refractivity contribution is 0.566. The lowest BCUT2D eigenvalue weighted by atomic mass is 10.2. The van der Waals surface area contributed by atoms with Gasteiger partial charge in [-0.15, -0.1) is 0 Å². The van der Waals surface area contributed by atoms with Crippen molar-refractivity contribution in [1.29, 1.82) is 5.26 Å². The minimum absolute atomic E-state index is 0.792. The molecule has 0 aliphatic rings. The van der Waals surface area contributed by atoms with Crippen LogP contribution in [0.2, 0.25) is 0 Å². The lowest BCUT2D eigenvalue weighted by Crippen LogP contribution is -2.18. The Bertz CT molecular complexity index is 57.2. The maximum atomic E-state index is 6.50. The van der Waals surface area contributed by atoms with Crippen LogP contribution in [0, 0.1) is 17.8 Å². The molecule has 0 unspecified atom stereocenters. The molecule has 0 aromatic heterocycles. The SMILES string of the molecule is C#N.CCNCC(C)C. The summed E-state index contributed by atoms with van der Waals surface area (Å²) in [6.07, 6.45) is 0. The molecule has 0 fully saturated rings. The number of nitrogens with zero attached hydrogens (tertiary/aromatic N) is 1. The number of rotatable bonds is 3. The molecule has 0 radical (unpaired) electrons. The van der Waals surface area contributed by atoms with Crippen molar-refractivity contribution in [2.75, 3.05) is 13.1 Å². The monoisotopic (exact) mass is 128 g/mol. The van der Waals surface area contributed by atoms with E-state index >= 15 is 0 Å². The summed E-state index contributed by atoms with van der Waals surface area (Å²) in [5.74, 6) is 0.792. The summed E-state index contributed by atoms with van der Waals surface area (Å²) in [6, 6.07) is 0. The van der Waals surface area contributed by atoms with Crippen LogP contribution in [0.3, 0.4) is 0 Å². The Labute approximate surface area is 57.9 Å². The molecule has 0 spiro atoms. The van der Waals surface area contributed by atoms with Gasteiger partial charge in [-0.1, -0.05) is 20.8 Å². The maximum Gasteiger partial charge on any atom is 0.0462 e. The van der Waals surface area contributed by atoms with Crippen LogP contribution in [0.1, 0.15) is 20.8 Å². The zero-order chi connectivity index (χ0) is 7.70. The second-order valence-corrected chi connectivity index (χ2v) is 2.20. The van der Waals surface area contributed by atoms with E-state index in [1.807, 2.05) is 0 Å². The van der Waals surface area contributed by atoms with Gasteiger partial charge in [-0.3, -0.25) is 0 Å². The molecule has 0 rings (SSSR count). The Morgan fingerprint density at radius 1 is 1.44 bits per heavy atom. The third-order valence-electron chi connectivity index (χ3n) is 0.803. The summed E-state index contributed by atoms with van der Waals surface area (Å²) in [5.41, 5.74) is 0. The Hall–Kier alpha value is -0.550. The number of nitrogens with one attached hydrogen (secondary N) is 1. The van der Waals surface area contributed by atoms with Crippen LogP contribution in [-0.2, 0) is 0 Å². The molecule has 2 nitrogen and oxygen atoms in total. The average Bonchev–Trinajstić information content (AvgIpc) is 1.88. The molecule has 0 aromatic carbocycles. The number of hydrogen-bond acceptors (Lipinski definition) is 2. The third kappa shape index (κ3) is 18.6. The molecule has 1 N–H and O–H groups in total. The minimum atomic E-state index is 0.792. The molecule has 0 heterocycles. The fourth-order valence-corrected chi connectivity index (χ4v) is 0.433. The van der Waals surface area contributed by atoms with E-state index in [9.17, 15) is 0 Å². The lowest BCUT2D eigenvalue weighted by Gasteiger charge is -2.01. The first kappa shape index (κ1) is 11.3. The maximum absolute atomic E-state index is 6.50. The Balaban J connectivity index is 0. The van der Waals surface area contributed by atoms with Crippen molar-refractivity contribution in [2.24, 2.45) is 5.92 Å². The van der Waals surface area contributed by atoms with Crippen molar-refractivity contribution in [2.45, 2.75) is 20.8 Å². The summed E-state index contributed by atoms with van der Waals surface area (Å²) >= 11 is 0. The van der Waals surface area contributed by atoms with Crippen molar-refractivity contribution in [3.05, 3.63) is 0 Å². The van der Waals surface area contributed by atoms with Crippen molar-refractivity contribution in [3.63, 3.8) is 0 Å². The van der Waals surface area contributed by atoms with Crippen LogP contribution in [0.5, 0.6) is 0 Å². The first-order valence-electron chi connectivity index (χ1n) is 3.24. The summed E-state index contributed by atoms with van der Waals surface area (Å²) in [4.78, 5) is 0. The van der Waals surface area contributed by atoms with E-state index in [0.29, 0.717) is 0 Å². The van der Waals surface area contributed by atoms with E-state index in [1.165, 1.54) is 0 Å². The Morgan fingerprint density at radius 3 is 2.00 bits per heavy atom. The van der Waals surface area contributed by atoms with E-state index in [4.69, 9.17) is 5.26 Å². The van der Waals surface area contributed by atoms with E-state index in [2.05, 4.69) is 32.7 Å². The van der Waals surface area contributed by atoms with Gasteiger partial charge >= 0.3 is 0 Å². The van der Waals surface area contributed by atoms with E-state index in [1.54, 1.807) is 0 Å². The van der Waals surface area contributed by atoms with Crippen LogP contribution < -0.4 is 5.32 Å². The zero-order valence-electron chi connectivity index (χ0n) is 6.52. The highest BCUT2D eigenvalue weighted by molar-refractivity contribution is 4.46. The quantitative estimate of drug-likeness (QED) is 0.623. The molecule has 0 aliphatic heterocycles. The molecule has 0 atom stereocenters. The molecular weight excluding hydrogens is 112 g/mol. The topological polar surface area (TPSA) is 35.8 Å². The van der Waals surface area contributed by atoms with Gasteiger partial charge < -0.3 is 5.32 Å². The predicted octanol–water partition coefficient (Wildman–Crippen LogP) is 1.39. The van der Waals surface area contributed by atoms with Gasteiger partial charge in [0.05, 0.1) is 0 Å². The first-order valence-corrected chi connectivity index (χ1v) is 3.24. The van der Waals surface area contributed by atoms with Gasteiger partial charge in [0, 0.05) is 6.57 Å². The predicted molar refractivity (Wildman–Crippen MR) is 40.1 cm³/mol. The second kappa shape index (κ2) is 10.4. The van der Waals surface area contributed by atoms with Crippen LogP contribution >= 0.6 is 0 Å². The molecule has 54 valence electrons. The molecule has 0 saturated carbocycles. The molecule has 2 heteroatoms. The Morgan fingerprint density at radius 2 is 1.89 bits per heavy atom. The molecule has 0 aliphatic carbocycles. The average molecular weight is 128 g/mol. The van der Waals surface area contributed by atoms with Crippen LogP contribution in [0.4, 0.5) is 0 Å². The fourth-order valence-electron chi connectivity index (χ4n) is 0.433. The standard InChI is InChI=1S/C6H15N.CHN/c1-4-7-5-6(2)3;1-2/h6-7H,4-5H2,1-3H3;1H. The summed E-state index contributed by atoms with van der Waals surface area (Å²) in [7, 11) is 0. The normalized spacial score (nSPS) is 8.22. The van der Waals surface area contributed by atoms with Crippen molar-refractivity contribution in [1.82, 2.24) is 5.32 Å². The van der Waals surface area contributed by atoms with E-state index in [-0.39, 0.29) is 0 Å². The van der Waals surface area contributed by atoms with Crippen molar-refractivity contribution >= 4 is 0 Å². The molecular formula is C7H16N2. The van der Waals surface area contributed by atoms with E-state index < -0.39 is 0 Å². The highest BCUT2D eigenvalue weighted by Gasteiger charge is 1.86. The van der Waals surface area contributed by atoms with Crippen molar-refractivity contribution in [3.8, 4) is 6.57 Å². The van der Waals surface area contributed by atoms with Gasteiger partial charge in [0.25, 0.3) is 0 Å². The summed E-state index contributed by atoms with van der Waals surface area (Å²) in [6.45, 7) is 12.3. The number of hydrogen-bond donors (Lipinski definition) is 1. The highest BCUT2D eigenvalue weighted by atomic mass is 14.8. The van der Waals surface area contributed by atoms with Crippen LogP contribution in [-0.4, -0.2) is 13.1 Å². The first-order chi connectivity index (χ1) is 4.27. The van der Waals surface area contributed by atoms with Gasteiger partial charge in [-0.05, 0) is 19.0 Å². The van der Waals surface area contributed by atoms with Gasteiger partial charge in [0.15, 0.2) is 0 Å². The minimum Gasteiger partial charge on any atom is -0.317 e. The van der Waals surface area contributed by atoms with Gasteiger partial charge in [-0.2, -0.15) is 0 Å². The molecule has 9 heavy (non-hydrogen) atoms. The van der Waals surface area contributed by atoms with Crippen LogP contribution in [0.15, 0.2) is 0 Å². The zero-order valence-corrected chi connectivity index (χ0v) is 6.52. The van der Waals surface area contributed by atoms with Gasteiger partial charge in [0.1, 0.15) is 0 Å². The summed E-state index contributed by atoms with van der Waals surface area (Å²) < 4.78 is 0. The molecule has 0 saturated heterocycles. The van der Waals surface area contributed by atoms with Crippen LogP contribution in [0.25, 0.3) is 0 Å². The summed E-state index contributed by atoms with van der Waals surface area (Å²) in [5, 5.41) is 9.75. The van der Waals surface area contributed by atoms with E-state index in [0.717, 1.165) is 19.0 Å². The molecule has 0 aromatic rings. The number of nitriles is 1.